The van der Waals surface area contributed by atoms with Crippen LogP contribution in [0.3, 0.4) is 0 Å². The fourth-order valence-electron chi connectivity index (χ4n) is 1.28. The molecule has 16 heavy (non-hydrogen) atoms. The van der Waals surface area contributed by atoms with Crippen molar-refractivity contribution in [1.29, 1.82) is 0 Å². The van der Waals surface area contributed by atoms with E-state index in [4.69, 9.17) is 5.73 Å². The van der Waals surface area contributed by atoms with Gasteiger partial charge < -0.3 is 11.1 Å². The molecule has 90 valence electrons. The number of halogens is 1. The first-order valence-corrected chi connectivity index (χ1v) is 7.28. The zero-order valence-electron chi connectivity index (χ0n) is 9.79. The van der Waals surface area contributed by atoms with Crippen LogP contribution in [-0.2, 0) is 0 Å². The average Bonchev–Trinajstić information content (AvgIpc) is 2.20. The highest BCUT2D eigenvalue weighted by atomic mass is 79.9. The Morgan fingerprint density at radius 1 is 1.44 bits per heavy atom. The van der Waals surface area contributed by atoms with Crippen LogP contribution < -0.4 is 11.1 Å². The maximum atomic E-state index is 5.69. The lowest BCUT2D eigenvalue weighted by atomic mass is 10.3. The lowest BCUT2D eigenvalue weighted by molar-refractivity contribution is 0.586. The second kappa shape index (κ2) is 7.20. The number of rotatable bonds is 6. The largest absolute Gasteiger partial charge is 0.399 e. The minimum Gasteiger partial charge on any atom is -0.399 e. The molecule has 0 unspecified atom stereocenters. The van der Waals surface area contributed by atoms with Crippen LogP contribution in [0.25, 0.3) is 0 Å². The van der Waals surface area contributed by atoms with E-state index in [1.165, 1.54) is 11.3 Å². The maximum absolute atomic E-state index is 5.69. The van der Waals surface area contributed by atoms with Crippen LogP contribution in [0, 0.1) is 0 Å². The molecule has 0 radical (unpaired) electrons. The molecule has 3 N–H and O–H groups in total. The SMILES string of the molecule is CC(C)NCCCSc1ccc(N)cc1Br. The van der Waals surface area contributed by atoms with Gasteiger partial charge in [0.05, 0.1) is 0 Å². The Morgan fingerprint density at radius 2 is 2.19 bits per heavy atom. The molecule has 0 aliphatic rings. The topological polar surface area (TPSA) is 38.0 Å². The molecule has 0 spiro atoms. The van der Waals surface area contributed by atoms with E-state index in [0.29, 0.717) is 6.04 Å². The van der Waals surface area contributed by atoms with Crippen molar-refractivity contribution < 1.29 is 0 Å². The zero-order valence-corrected chi connectivity index (χ0v) is 12.2. The second-order valence-corrected chi connectivity index (χ2v) is 5.99. The molecular weight excluding hydrogens is 284 g/mol. The fourth-order valence-corrected chi connectivity index (χ4v) is 2.89. The number of nitrogens with two attached hydrogens (primary N) is 1. The van der Waals surface area contributed by atoms with Crippen molar-refractivity contribution in [2.75, 3.05) is 18.0 Å². The molecule has 0 amide bonds. The molecule has 0 atom stereocenters. The Morgan fingerprint density at radius 3 is 2.81 bits per heavy atom. The monoisotopic (exact) mass is 302 g/mol. The van der Waals surface area contributed by atoms with Gasteiger partial charge in [0, 0.05) is 21.1 Å². The minimum absolute atomic E-state index is 0.577. The number of nitrogens with one attached hydrogen (secondary N) is 1. The van der Waals surface area contributed by atoms with Crippen molar-refractivity contribution in [3.8, 4) is 0 Å². The molecule has 0 fully saturated rings. The third-order valence-electron chi connectivity index (χ3n) is 2.09. The van der Waals surface area contributed by atoms with Crippen molar-refractivity contribution in [2.24, 2.45) is 0 Å². The molecule has 0 aromatic heterocycles. The van der Waals surface area contributed by atoms with Gasteiger partial charge in [-0.15, -0.1) is 11.8 Å². The number of benzene rings is 1. The van der Waals surface area contributed by atoms with Gasteiger partial charge in [-0.1, -0.05) is 13.8 Å². The summed E-state index contributed by atoms with van der Waals surface area (Å²) in [6.45, 7) is 5.42. The molecule has 0 heterocycles. The molecule has 0 bridgehead atoms. The minimum atomic E-state index is 0.577. The van der Waals surface area contributed by atoms with Gasteiger partial charge in [-0.25, -0.2) is 0 Å². The third-order valence-corrected chi connectivity index (χ3v) is 4.17. The maximum Gasteiger partial charge on any atom is 0.0331 e. The van der Waals surface area contributed by atoms with Gasteiger partial charge >= 0.3 is 0 Å². The van der Waals surface area contributed by atoms with Crippen LogP contribution in [0.5, 0.6) is 0 Å². The number of thioether (sulfide) groups is 1. The predicted molar refractivity (Wildman–Crippen MR) is 77.0 cm³/mol. The predicted octanol–water partition coefficient (Wildman–Crippen LogP) is 3.51. The summed E-state index contributed by atoms with van der Waals surface area (Å²) >= 11 is 5.39. The summed E-state index contributed by atoms with van der Waals surface area (Å²) in [5, 5.41) is 3.41. The number of hydrogen-bond donors (Lipinski definition) is 2. The van der Waals surface area contributed by atoms with Gasteiger partial charge in [-0.2, -0.15) is 0 Å². The van der Waals surface area contributed by atoms with Gasteiger partial charge in [0.25, 0.3) is 0 Å². The normalized spacial score (nSPS) is 11.0. The fraction of sp³-hybridized carbons (Fsp3) is 0.500. The van der Waals surface area contributed by atoms with Gasteiger partial charge in [0.2, 0.25) is 0 Å². The van der Waals surface area contributed by atoms with E-state index in [9.17, 15) is 0 Å². The zero-order chi connectivity index (χ0) is 12.0. The lowest BCUT2D eigenvalue weighted by Crippen LogP contribution is -2.23. The standard InChI is InChI=1S/C12H19BrN2S/c1-9(2)15-6-3-7-16-12-5-4-10(14)8-11(12)13/h4-5,8-9,15H,3,6-7,14H2,1-2H3. The van der Waals surface area contributed by atoms with Crippen molar-refractivity contribution in [2.45, 2.75) is 31.2 Å². The second-order valence-electron chi connectivity index (χ2n) is 4.00. The lowest BCUT2D eigenvalue weighted by Gasteiger charge is -2.08. The van der Waals surface area contributed by atoms with E-state index in [0.717, 1.165) is 22.5 Å². The molecule has 0 aliphatic heterocycles. The molecule has 1 aromatic carbocycles. The quantitative estimate of drug-likeness (QED) is 0.480. The number of anilines is 1. The van der Waals surface area contributed by atoms with E-state index in [1.807, 2.05) is 23.9 Å². The summed E-state index contributed by atoms with van der Waals surface area (Å²) in [5.41, 5.74) is 6.49. The Hall–Kier alpha value is -0.190. The first-order valence-electron chi connectivity index (χ1n) is 5.51. The molecule has 2 nitrogen and oxygen atoms in total. The molecule has 0 saturated heterocycles. The highest BCUT2D eigenvalue weighted by Gasteiger charge is 2.00. The van der Waals surface area contributed by atoms with E-state index >= 15 is 0 Å². The van der Waals surface area contributed by atoms with Gasteiger partial charge in [0.1, 0.15) is 0 Å². The van der Waals surface area contributed by atoms with Crippen molar-refractivity contribution in [3.63, 3.8) is 0 Å². The van der Waals surface area contributed by atoms with Crippen LogP contribution in [-0.4, -0.2) is 18.3 Å². The summed E-state index contributed by atoms with van der Waals surface area (Å²) in [6.07, 6.45) is 1.18. The molecule has 0 saturated carbocycles. The molecule has 0 aliphatic carbocycles. The summed E-state index contributed by atoms with van der Waals surface area (Å²) in [7, 11) is 0. The summed E-state index contributed by atoms with van der Waals surface area (Å²) in [6, 6.07) is 6.54. The highest BCUT2D eigenvalue weighted by Crippen LogP contribution is 2.29. The summed E-state index contributed by atoms with van der Waals surface area (Å²) < 4.78 is 1.09. The van der Waals surface area contributed by atoms with E-state index < -0.39 is 0 Å². The van der Waals surface area contributed by atoms with E-state index in [-0.39, 0.29) is 0 Å². The van der Waals surface area contributed by atoms with Gasteiger partial charge in [-0.05, 0) is 52.8 Å². The first-order chi connectivity index (χ1) is 7.59. The van der Waals surface area contributed by atoms with Crippen LogP contribution >= 0.6 is 27.7 Å². The molecule has 1 aromatic rings. The molecular formula is C12H19BrN2S. The van der Waals surface area contributed by atoms with Crippen LogP contribution in [0.15, 0.2) is 27.6 Å². The van der Waals surface area contributed by atoms with Crippen LogP contribution in [0.1, 0.15) is 20.3 Å². The number of nitrogen functional groups attached to an aromatic ring is 1. The summed E-state index contributed by atoms with van der Waals surface area (Å²) in [5.74, 6) is 1.13. The van der Waals surface area contributed by atoms with Crippen molar-refractivity contribution in [3.05, 3.63) is 22.7 Å². The van der Waals surface area contributed by atoms with Crippen molar-refractivity contribution in [1.82, 2.24) is 5.32 Å². The van der Waals surface area contributed by atoms with Gasteiger partial charge in [-0.3, -0.25) is 0 Å². The summed E-state index contributed by atoms with van der Waals surface area (Å²) in [4.78, 5) is 1.26. The Kier molecular flexibility index (Phi) is 6.24. The Labute approximate surface area is 111 Å². The molecule has 1 rings (SSSR count). The molecule has 4 heteroatoms. The van der Waals surface area contributed by atoms with E-state index in [2.05, 4.69) is 41.2 Å². The smallest absolute Gasteiger partial charge is 0.0331 e. The van der Waals surface area contributed by atoms with Crippen molar-refractivity contribution >= 4 is 33.4 Å². The van der Waals surface area contributed by atoms with Crippen LogP contribution in [0.2, 0.25) is 0 Å². The van der Waals surface area contributed by atoms with Gasteiger partial charge in [0.15, 0.2) is 0 Å². The third kappa shape index (κ3) is 5.23. The first kappa shape index (κ1) is 13.9. The Balaban J connectivity index is 2.27. The highest BCUT2D eigenvalue weighted by molar-refractivity contribution is 9.10. The Bertz CT molecular complexity index is 329. The van der Waals surface area contributed by atoms with E-state index in [1.54, 1.807) is 0 Å². The number of hydrogen-bond acceptors (Lipinski definition) is 3. The van der Waals surface area contributed by atoms with Crippen LogP contribution in [0.4, 0.5) is 5.69 Å². The average molecular weight is 303 g/mol.